The SMILES string of the molecule is COc1ccc2nc3c(c(NCCCCCCCBr)c2c1)CCCC3. The number of fused-ring (bicyclic) bond motifs is 2. The molecular weight excluding hydrogens is 376 g/mol. The molecule has 25 heavy (non-hydrogen) atoms. The molecule has 0 fully saturated rings. The van der Waals surface area contributed by atoms with Crippen molar-refractivity contribution in [3.8, 4) is 5.75 Å². The molecule has 1 aliphatic rings. The fourth-order valence-corrected chi connectivity index (χ4v) is 4.09. The summed E-state index contributed by atoms with van der Waals surface area (Å²) < 4.78 is 5.44. The fraction of sp³-hybridized carbons (Fsp3) is 0.571. The zero-order chi connectivity index (χ0) is 17.5. The van der Waals surface area contributed by atoms with Crippen molar-refractivity contribution in [2.45, 2.75) is 57.8 Å². The largest absolute Gasteiger partial charge is 0.497 e. The predicted molar refractivity (Wildman–Crippen MR) is 110 cm³/mol. The van der Waals surface area contributed by atoms with Crippen LogP contribution in [0, 0.1) is 0 Å². The zero-order valence-electron chi connectivity index (χ0n) is 15.2. The van der Waals surface area contributed by atoms with Gasteiger partial charge in [-0.1, -0.05) is 35.2 Å². The molecule has 1 aliphatic carbocycles. The first-order valence-electron chi connectivity index (χ1n) is 9.63. The number of nitrogens with zero attached hydrogens (tertiary/aromatic N) is 1. The van der Waals surface area contributed by atoms with Crippen LogP contribution in [0.15, 0.2) is 18.2 Å². The summed E-state index contributed by atoms with van der Waals surface area (Å²) in [4.78, 5) is 4.93. The van der Waals surface area contributed by atoms with Gasteiger partial charge in [0.25, 0.3) is 0 Å². The molecule has 0 atom stereocenters. The van der Waals surface area contributed by atoms with Crippen molar-refractivity contribution in [3.63, 3.8) is 0 Å². The van der Waals surface area contributed by atoms with Crippen molar-refractivity contribution >= 4 is 32.5 Å². The van der Waals surface area contributed by atoms with E-state index in [-0.39, 0.29) is 0 Å². The summed E-state index contributed by atoms with van der Waals surface area (Å²) in [6, 6.07) is 6.24. The van der Waals surface area contributed by atoms with Crippen LogP contribution in [-0.4, -0.2) is 24.0 Å². The van der Waals surface area contributed by atoms with Crippen LogP contribution in [0.25, 0.3) is 10.9 Å². The van der Waals surface area contributed by atoms with Crippen LogP contribution in [0.4, 0.5) is 5.69 Å². The minimum absolute atomic E-state index is 0.905. The summed E-state index contributed by atoms with van der Waals surface area (Å²) in [5.74, 6) is 0.905. The van der Waals surface area contributed by atoms with Crippen molar-refractivity contribution in [2.24, 2.45) is 0 Å². The third-order valence-electron chi connectivity index (χ3n) is 5.08. The number of benzene rings is 1. The van der Waals surface area contributed by atoms with Crippen molar-refractivity contribution in [1.82, 2.24) is 4.98 Å². The molecule has 0 bridgehead atoms. The van der Waals surface area contributed by atoms with Gasteiger partial charge in [0.15, 0.2) is 0 Å². The third-order valence-corrected chi connectivity index (χ3v) is 5.64. The second kappa shape index (κ2) is 9.42. The minimum Gasteiger partial charge on any atom is -0.497 e. The Balaban J connectivity index is 1.76. The number of nitrogens with one attached hydrogen (secondary N) is 1. The summed E-state index contributed by atoms with van der Waals surface area (Å²) in [5, 5.41) is 6.09. The highest BCUT2D eigenvalue weighted by Crippen LogP contribution is 2.35. The van der Waals surface area contributed by atoms with Crippen molar-refractivity contribution in [1.29, 1.82) is 0 Å². The lowest BCUT2D eigenvalue weighted by molar-refractivity contribution is 0.415. The Bertz CT molecular complexity index is 702. The number of aryl methyl sites for hydroxylation is 1. The number of pyridine rings is 1. The molecule has 3 rings (SSSR count). The van der Waals surface area contributed by atoms with Gasteiger partial charge in [-0.05, 0) is 62.3 Å². The normalized spacial score (nSPS) is 13.7. The van der Waals surface area contributed by atoms with E-state index in [1.54, 1.807) is 7.11 Å². The summed E-state index contributed by atoms with van der Waals surface area (Å²) in [5.41, 5.74) is 5.12. The fourth-order valence-electron chi connectivity index (χ4n) is 3.70. The number of hydrogen-bond acceptors (Lipinski definition) is 3. The van der Waals surface area contributed by atoms with Crippen LogP contribution in [0.2, 0.25) is 0 Å². The van der Waals surface area contributed by atoms with Crippen LogP contribution >= 0.6 is 15.9 Å². The first-order chi connectivity index (χ1) is 12.3. The van der Waals surface area contributed by atoms with Crippen LogP contribution in [-0.2, 0) is 12.8 Å². The number of anilines is 1. The topological polar surface area (TPSA) is 34.1 Å². The van der Waals surface area contributed by atoms with Crippen molar-refractivity contribution < 1.29 is 4.74 Å². The van der Waals surface area contributed by atoms with E-state index in [0.717, 1.165) is 36.0 Å². The monoisotopic (exact) mass is 404 g/mol. The molecule has 0 amide bonds. The molecule has 0 radical (unpaired) electrons. The number of alkyl halides is 1. The van der Waals surface area contributed by atoms with Gasteiger partial charge in [-0.15, -0.1) is 0 Å². The van der Waals surface area contributed by atoms with E-state index in [1.165, 1.54) is 67.3 Å². The second-order valence-corrected chi connectivity index (χ2v) is 7.68. The standard InChI is InChI=1S/C21H29BrN2O/c1-25-16-11-12-20-18(15-16)21(17-9-5-6-10-19(17)24-20)23-14-8-4-2-3-7-13-22/h11-12,15H,2-10,13-14H2,1H3,(H,23,24). The van der Waals surface area contributed by atoms with Gasteiger partial charge in [-0.2, -0.15) is 0 Å². The third kappa shape index (κ3) is 4.66. The van der Waals surface area contributed by atoms with Gasteiger partial charge in [-0.3, -0.25) is 4.98 Å². The molecule has 136 valence electrons. The predicted octanol–water partition coefficient (Wildman–Crippen LogP) is 5.88. The Morgan fingerprint density at radius 3 is 2.72 bits per heavy atom. The van der Waals surface area contributed by atoms with Crippen LogP contribution in [0.5, 0.6) is 5.75 Å². The Kier molecular flexibility index (Phi) is 6.97. The van der Waals surface area contributed by atoms with Crippen LogP contribution in [0.1, 0.15) is 56.2 Å². The summed E-state index contributed by atoms with van der Waals surface area (Å²) >= 11 is 3.50. The van der Waals surface area contributed by atoms with E-state index in [4.69, 9.17) is 9.72 Å². The molecule has 0 aliphatic heterocycles. The van der Waals surface area contributed by atoms with E-state index < -0.39 is 0 Å². The first kappa shape index (κ1) is 18.5. The van der Waals surface area contributed by atoms with Gasteiger partial charge < -0.3 is 10.1 Å². The lowest BCUT2D eigenvalue weighted by Gasteiger charge is -2.22. The molecule has 0 spiro atoms. The lowest BCUT2D eigenvalue weighted by atomic mass is 9.92. The summed E-state index contributed by atoms with van der Waals surface area (Å²) in [6.45, 7) is 1.04. The van der Waals surface area contributed by atoms with Crippen molar-refractivity contribution in [3.05, 3.63) is 29.5 Å². The lowest BCUT2D eigenvalue weighted by Crippen LogP contribution is -2.12. The smallest absolute Gasteiger partial charge is 0.119 e. The van der Waals surface area contributed by atoms with Gasteiger partial charge in [0.05, 0.1) is 12.6 Å². The Labute approximate surface area is 159 Å². The Hall–Kier alpha value is -1.29. The Morgan fingerprint density at radius 2 is 1.88 bits per heavy atom. The molecule has 1 heterocycles. The average molecular weight is 405 g/mol. The Morgan fingerprint density at radius 1 is 1.08 bits per heavy atom. The molecule has 3 nitrogen and oxygen atoms in total. The number of ether oxygens (including phenoxy) is 1. The average Bonchev–Trinajstić information content (AvgIpc) is 2.66. The summed E-state index contributed by atoms with van der Waals surface area (Å²) in [6.07, 6.45) is 11.3. The molecule has 1 aromatic carbocycles. The molecule has 4 heteroatoms. The zero-order valence-corrected chi connectivity index (χ0v) is 16.8. The number of unbranched alkanes of at least 4 members (excludes halogenated alkanes) is 4. The van der Waals surface area contributed by atoms with E-state index in [2.05, 4.69) is 33.4 Å². The van der Waals surface area contributed by atoms with E-state index in [0.29, 0.717) is 0 Å². The summed E-state index contributed by atoms with van der Waals surface area (Å²) in [7, 11) is 1.73. The van der Waals surface area contributed by atoms with Gasteiger partial charge in [0.1, 0.15) is 5.75 Å². The number of methoxy groups -OCH3 is 1. The molecule has 2 aromatic rings. The van der Waals surface area contributed by atoms with Gasteiger partial charge in [0, 0.05) is 28.6 Å². The molecular formula is C21H29BrN2O. The quantitative estimate of drug-likeness (QED) is 0.418. The number of halogens is 1. The van der Waals surface area contributed by atoms with Gasteiger partial charge in [0.2, 0.25) is 0 Å². The van der Waals surface area contributed by atoms with Crippen LogP contribution in [0.3, 0.4) is 0 Å². The maximum atomic E-state index is 5.44. The minimum atomic E-state index is 0.905. The van der Waals surface area contributed by atoms with Gasteiger partial charge >= 0.3 is 0 Å². The highest BCUT2D eigenvalue weighted by atomic mass is 79.9. The molecule has 1 aromatic heterocycles. The van der Waals surface area contributed by atoms with Gasteiger partial charge in [-0.25, -0.2) is 0 Å². The highest BCUT2D eigenvalue weighted by molar-refractivity contribution is 9.09. The van der Waals surface area contributed by atoms with Crippen molar-refractivity contribution in [2.75, 3.05) is 24.3 Å². The number of hydrogen-bond donors (Lipinski definition) is 1. The van der Waals surface area contributed by atoms with Crippen LogP contribution < -0.4 is 10.1 Å². The maximum absolute atomic E-state index is 5.44. The highest BCUT2D eigenvalue weighted by Gasteiger charge is 2.18. The number of rotatable bonds is 9. The molecule has 0 unspecified atom stereocenters. The molecule has 1 N–H and O–H groups in total. The maximum Gasteiger partial charge on any atom is 0.119 e. The van der Waals surface area contributed by atoms with E-state index >= 15 is 0 Å². The van der Waals surface area contributed by atoms with E-state index in [1.807, 2.05) is 6.07 Å². The first-order valence-corrected chi connectivity index (χ1v) is 10.7. The number of aromatic nitrogens is 1. The second-order valence-electron chi connectivity index (χ2n) is 6.89. The van der Waals surface area contributed by atoms with E-state index in [9.17, 15) is 0 Å². The molecule has 0 saturated heterocycles. The molecule has 0 saturated carbocycles.